The molecule has 0 saturated carbocycles. The summed E-state index contributed by atoms with van der Waals surface area (Å²) in [5.41, 5.74) is 2.92. The van der Waals surface area contributed by atoms with Crippen LogP contribution in [0.2, 0.25) is 5.02 Å². The van der Waals surface area contributed by atoms with Gasteiger partial charge in [0.15, 0.2) is 5.82 Å². The molecule has 4 rings (SSSR count). The van der Waals surface area contributed by atoms with E-state index in [0.29, 0.717) is 22.1 Å². The molecule has 0 saturated heterocycles. The number of aryl methyl sites for hydroxylation is 1. The van der Waals surface area contributed by atoms with E-state index in [2.05, 4.69) is 15.4 Å². The number of rotatable bonds is 4. The zero-order valence-corrected chi connectivity index (χ0v) is 16.2. The number of hydrogen-bond acceptors (Lipinski definition) is 3. The molecule has 7 heteroatoms. The van der Waals surface area contributed by atoms with E-state index in [9.17, 15) is 9.18 Å². The van der Waals surface area contributed by atoms with Crippen molar-refractivity contribution in [1.29, 1.82) is 0 Å². The first-order valence-electron chi connectivity index (χ1n) is 8.87. The number of anilines is 1. The van der Waals surface area contributed by atoms with Gasteiger partial charge in [0.2, 0.25) is 5.82 Å². The van der Waals surface area contributed by atoms with Gasteiger partial charge in [0, 0.05) is 16.3 Å². The number of aromatic nitrogens is 3. The lowest BCUT2D eigenvalue weighted by Gasteiger charge is -2.08. The molecule has 0 unspecified atom stereocenters. The van der Waals surface area contributed by atoms with E-state index in [0.717, 1.165) is 11.3 Å². The van der Waals surface area contributed by atoms with Crippen LogP contribution in [0.1, 0.15) is 16.2 Å². The van der Waals surface area contributed by atoms with Gasteiger partial charge in [-0.15, -0.1) is 5.10 Å². The minimum Gasteiger partial charge on any atom is -0.319 e. The van der Waals surface area contributed by atoms with Crippen molar-refractivity contribution in [2.45, 2.75) is 6.92 Å². The third-order valence-electron chi connectivity index (χ3n) is 4.34. The highest BCUT2D eigenvalue weighted by atomic mass is 35.5. The Morgan fingerprint density at radius 3 is 2.52 bits per heavy atom. The van der Waals surface area contributed by atoms with Crippen molar-refractivity contribution in [3.05, 3.63) is 95.0 Å². The Balaban J connectivity index is 1.78. The fourth-order valence-corrected chi connectivity index (χ4v) is 3.11. The molecule has 4 aromatic rings. The first-order chi connectivity index (χ1) is 14.0. The number of nitrogens with one attached hydrogen (secondary N) is 1. The van der Waals surface area contributed by atoms with E-state index < -0.39 is 5.91 Å². The third-order valence-corrected chi connectivity index (χ3v) is 4.57. The molecule has 3 aromatic carbocycles. The van der Waals surface area contributed by atoms with Gasteiger partial charge < -0.3 is 5.32 Å². The molecule has 144 valence electrons. The number of halogens is 2. The first-order valence-corrected chi connectivity index (χ1v) is 9.25. The lowest BCUT2D eigenvalue weighted by atomic mass is 10.1. The lowest BCUT2D eigenvalue weighted by Crippen LogP contribution is -2.14. The molecular formula is C22H16ClFN4O. The van der Waals surface area contributed by atoms with Gasteiger partial charge in [-0.05, 0) is 61.0 Å². The van der Waals surface area contributed by atoms with Crippen molar-refractivity contribution in [2.75, 3.05) is 5.32 Å². The summed E-state index contributed by atoms with van der Waals surface area (Å²) in [7, 11) is 0. The van der Waals surface area contributed by atoms with Gasteiger partial charge in [0.1, 0.15) is 5.82 Å². The second kappa shape index (κ2) is 7.85. The van der Waals surface area contributed by atoms with Crippen LogP contribution in [0.3, 0.4) is 0 Å². The first kappa shape index (κ1) is 18.8. The summed E-state index contributed by atoms with van der Waals surface area (Å²) in [5, 5.41) is 7.68. The Bertz CT molecular complexity index is 1190. The van der Waals surface area contributed by atoms with E-state index in [4.69, 9.17) is 11.6 Å². The maximum Gasteiger partial charge on any atom is 0.295 e. The summed E-state index contributed by atoms with van der Waals surface area (Å²) in [5.74, 6) is -0.388. The Labute approximate surface area is 171 Å². The quantitative estimate of drug-likeness (QED) is 0.501. The highest BCUT2D eigenvalue weighted by Crippen LogP contribution is 2.24. The van der Waals surface area contributed by atoms with E-state index in [1.54, 1.807) is 41.1 Å². The number of carbonyl (C=O) groups excluding carboxylic acids is 1. The highest BCUT2D eigenvalue weighted by Gasteiger charge is 2.20. The maximum atomic E-state index is 13.4. The molecule has 0 spiro atoms. The average Bonchev–Trinajstić information content (AvgIpc) is 3.14. The van der Waals surface area contributed by atoms with Crippen LogP contribution in [0.4, 0.5) is 10.1 Å². The van der Waals surface area contributed by atoms with Gasteiger partial charge in [0.25, 0.3) is 5.91 Å². The second-order valence-corrected chi connectivity index (χ2v) is 6.87. The summed E-state index contributed by atoms with van der Waals surface area (Å²) in [6.07, 6.45) is 0. The standard InChI is InChI=1S/C22H16ClFN4O/c1-14-5-2-3-8-19(14)28-21(15-9-11-17(24)12-10-15)26-20(27-28)22(29)25-18-7-4-6-16(23)13-18/h2-13H,1H3,(H,25,29). The molecule has 0 bridgehead atoms. The van der Waals surface area contributed by atoms with Crippen LogP contribution >= 0.6 is 11.6 Å². The van der Waals surface area contributed by atoms with Crippen molar-refractivity contribution >= 4 is 23.2 Å². The van der Waals surface area contributed by atoms with Crippen LogP contribution in [0.15, 0.2) is 72.8 Å². The normalized spacial score (nSPS) is 10.7. The zero-order chi connectivity index (χ0) is 20.4. The van der Waals surface area contributed by atoms with Gasteiger partial charge in [-0.2, -0.15) is 0 Å². The Morgan fingerprint density at radius 1 is 1.03 bits per heavy atom. The average molecular weight is 407 g/mol. The molecule has 0 radical (unpaired) electrons. The van der Waals surface area contributed by atoms with Gasteiger partial charge >= 0.3 is 0 Å². The highest BCUT2D eigenvalue weighted by molar-refractivity contribution is 6.30. The molecule has 1 amide bonds. The number of para-hydroxylation sites is 1. The van der Waals surface area contributed by atoms with Crippen molar-refractivity contribution in [3.8, 4) is 17.1 Å². The van der Waals surface area contributed by atoms with Gasteiger partial charge in [0.05, 0.1) is 5.69 Å². The Hall–Kier alpha value is -3.51. The number of carbonyl (C=O) groups is 1. The molecule has 0 fully saturated rings. The van der Waals surface area contributed by atoms with Crippen LogP contribution in [0.5, 0.6) is 0 Å². The van der Waals surface area contributed by atoms with Crippen molar-refractivity contribution in [2.24, 2.45) is 0 Å². The van der Waals surface area contributed by atoms with Crippen molar-refractivity contribution in [3.63, 3.8) is 0 Å². The number of amides is 1. The van der Waals surface area contributed by atoms with Crippen LogP contribution in [-0.2, 0) is 0 Å². The second-order valence-electron chi connectivity index (χ2n) is 6.43. The summed E-state index contributed by atoms with van der Waals surface area (Å²) in [4.78, 5) is 17.2. The SMILES string of the molecule is Cc1ccccc1-n1nc(C(=O)Nc2cccc(Cl)c2)nc1-c1ccc(F)cc1. The van der Waals surface area contributed by atoms with Crippen molar-refractivity contribution in [1.82, 2.24) is 14.8 Å². The zero-order valence-electron chi connectivity index (χ0n) is 15.4. The fraction of sp³-hybridized carbons (Fsp3) is 0.0455. The number of hydrogen-bond donors (Lipinski definition) is 1. The topological polar surface area (TPSA) is 59.8 Å². The summed E-state index contributed by atoms with van der Waals surface area (Å²) in [6.45, 7) is 1.94. The molecule has 1 N–H and O–H groups in total. The molecule has 1 aromatic heterocycles. The molecule has 29 heavy (non-hydrogen) atoms. The molecular weight excluding hydrogens is 391 g/mol. The van der Waals surface area contributed by atoms with Crippen LogP contribution in [0.25, 0.3) is 17.1 Å². The largest absolute Gasteiger partial charge is 0.319 e. The van der Waals surface area contributed by atoms with Crippen LogP contribution in [0, 0.1) is 12.7 Å². The summed E-state index contributed by atoms with van der Waals surface area (Å²) < 4.78 is 15.0. The predicted molar refractivity (Wildman–Crippen MR) is 111 cm³/mol. The summed E-state index contributed by atoms with van der Waals surface area (Å²) >= 11 is 5.98. The smallest absolute Gasteiger partial charge is 0.295 e. The molecule has 0 atom stereocenters. The maximum absolute atomic E-state index is 13.4. The molecule has 0 aliphatic heterocycles. The van der Waals surface area contributed by atoms with Crippen molar-refractivity contribution < 1.29 is 9.18 Å². The Kier molecular flexibility index (Phi) is 5.10. The molecule has 0 aliphatic rings. The molecule has 1 heterocycles. The van der Waals surface area contributed by atoms with Crippen LogP contribution in [-0.4, -0.2) is 20.7 Å². The lowest BCUT2D eigenvalue weighted by molar-refractivity contribution is 0.101. The van der Waals surface area contributed by atoms with E-state index in [-0.39, 0.29) is 11.6 Å². The van der Waals surface area contributed by atoms with E-state index in [1.807, 2.05) is 31.2 Å². The minimum absolute atomic E-state index is 0.00689. The number of benzene rings is 3. The Morgan fingerprint density at radius 2 is 1.79 bits per heavy atom. The van der Waals surface area contributed by atoms with E-state index in [1.165, 1.54) is 12.1 Å². The predicted octanol–water partition coefficient (Wildman–Crippen LogP) is 5.29. The van der Waals surface area contributed by atoms with Gasteiger partial charge in [-0.3, -0.25) is 4.79 Å². The number of nitrogens with zero attached hydrogens (tertiary/aromatic N) is 3. The van der Waals surface area contributed by atoms with Gasteiger partial charge in [-0.1, -0.05) is 35.9 Å². The van der Waals surface area contributed by atoms with Crippen LogP contribution < -0.4 is 5.32 Å². The summed E-state index contributed by atoms with van der Waals surface area (Å²) in [6, 6.07) is 20.3. The minimum atomic E-state index is -0.469. The van der Waals surface area contributed by atoms with E-state index >= 15 is 0 Å². The third kappa shape index (κ3) is 4.02. The fourth-order valence-electron chi connectivity index (χ4n) is 2.92. The van der Waals surface area contributed by atoms with Gasteiger partial charge in [-0.25, -0.2) is 14.1 Å². The molecule has 5 nitrogen and oxygen atoms in total. The monoisotopic (exact) mass is 406 g/mol. The molecule has 0 aliphatic carbocycles.